The number of nitrogens with zero attached hydrogens (tertiary/aromatic N) is 3. The first kappa shape index (κ1) is 20.5. The van der Waals surface area contributed by atoms with Crippen LogP contribution in [0, 0.1) is 11.3 Å². The van der Waals surface area contributed by atoms with E-state index in [-0.39, 0.29) is 0 Å². The van der Waals surface area contributed by atoms with Crippen molar-refractivity contribution in [3.05, 3.63) is 0 Å². The fraction of sp³-hybridized carbons (Fsp3) is 1.00. The molecule has 0 N–H and O–H groups in total. The summed E-state index contributed by atoms with van der Waals surface area (Å²) < 4.78 is 0. The molecule has 0 radical (unpaired) electrons. The third-order valence-electron chi connectivity index (χ3n) is 6.55. The first-order chi connectivity index (χ1) is 11.2. The molecule has 0 aromatic carbocycles. The molecule has 24 heavy (non-hydrogen) atoms. The molecule has 2 saturated heterocycles. The second kappa shape index (κ2) is 8.75. The van der Waals surface area contributed by atoms with Gasteiger partial charge in [-0.05, 0) is 70.8 Å². The van der Waals surface area contributed by atoms with E-state index >= 15 is 0 Å². The lowest BCUT2D eigenvalue weighted by atomic mass is 9.67. The van der Waals surface area contributed by atoms with Crippen molar-refractivity contribution in [1.29, 1.82) is 0 Å². The number of hydrogen-bond acceptors (Lipinski definition) is 4. The lowest BCUT2D eigenvalue weighted by molar-refractivity contribution is 0.00465. The number of piperidine rings is 1. The average molecular weight is 356 g/mol. The number of hydrogen-bond donors (Lipinski definition) is 0. The molecule has 2 aliphatic heterocycles. The SMILES string of the molecule is CSCCN1CCC(C(C)(C)CC(C)(C)N2CCN(C)CC2)CC1. The Morgan fingerprint density at radius 1 is 0.917 bits per heavy atom. The van der Waals surface area contributed by atoms with Crippen molar-refractivity contribution >= 4 is 11.8 Å². The molecule has 0 atom stereocenters. The van der Waals surface area contributed by atoms with Gasteiger partial charge in [-0.2, -0.15) is 11.8 Å². The Morgan fingerprint density at radius 2 is 1.50 bits per heavy atom. The van der Waals surface area contributed by atoms with Crippen molar-refractivity contribution in [3.8, 4) is 0 Å². The van der Waals surface area contributed by atoms with Crippen LogP contribution in [0.25, 0.3) is 0 Å². The van der Waals surface area contributed by atoms with Gasteiger partial charge in [0, 0.05) is 44.0 Å². The minimum atomic E-state index is 0.320. The highest BCUT2D eigenvalue weighted by molar-refractivity contribution is 7.98. The molecule has 3 nitrogen and oxygen atoms in total. The van der Waals surface area contributed by atoms with E-state index in [4.69, 9.17) is 0 Å². The summed E-state index contributed by atoms with van der Waals surface area (Å²) in [6.07, 6.45) is 6.32. The minimum Gasteiger partial charge on any atom is -0.304 e. The lowest BCUT2D eigenvalue weighted by Crippen LogP contribution is -2.55. The summed E-state index contributed by atoms with van der Waals surface area (Å²) in [5.74, 6) is 2.17. The predicted molar refractivity (Wildman–Crippen MR) is 109 cm³/mol. The van der Waals surface area contributed by atoms with Crippen molar-refractivity contribution in [1.82, 2.24) is 14.7 Å². The van der Waals surface area contributed by atoms with Gasteiger partial charge in [-0.3, -0.25) is 4.90 Å². The lowest BCUT2D eigenvalue weighted by Gasteiger charge is -2.49. The number of likely N-dealkylation sites (tertiary alicyclic amines) is 1. The Kier molecular flexibility index (Phi) is 7.49. The zero-order valence-electron chi connectivity index (χ0n) is 17.1. The number of rotatable bonds is 7. The van der Waals surface area contributed by atoms with Gasteiger partial charge in [0.1, 0.15) is 0 Å². The molecule has 0 amide bonds. The smallest absolute Gasteiger partial charge is 0.0159 e. The molecule has 0 unspecified atom stereocenters. The maximum Gasteiger partial charge on any atom is 0.0159 e. The Balaban J connectivity index is 1.86. The van der Waals surface area contributed by atoms with Gasteiger partial charge >= 0.3 is 0 Å². The van der Waals surface area contributed by atoms with Crippen molar-refractivity contribution in [2.45, 2.75) is 52.5 Å². The third kappa shape index (κ3) is 5.62. The van der Waals surface area contributed by atoms with Gasteiger partial charge in [-0.25, -0.2) is 0 Å². The molecule has 0 saturated carbocycles. The molecule has 2 rings (SSSR count). The van der Waals surface area contributed by atoms with E-state index in [1.165, 1.54) is 70.8 Å². The zero-order valence-corrected chi connectivity index (χ0v) is 17.9. The highest BCUT2D eigenvalue weighted by atomic mass is 32.2. The second-order valence-corrected chi connectivity index (χ2v) is 10.4. The molecular formula is C20H41N3S. The molecular weight excluding hydrogens is 314 g/mol. The van der Waals surface area contributed by atoms with E-state index in [0.29, 0.717) is 11.0 Å². The maximum absolute atomic E-state index is 2.74. The summed E-state index contributed by atoms with van der Waals surface area (Å²) in [5.41, 5.74) is 0.763. The molecule has 0 aromatic heterocycles. The zero-order chi connectivity index (χ0) is 17.8. The van der Waals surface area contributed by atoms with Crippen LogP contribution >= 0.6 is 11.8 Å². The highest BCUT2D eigenvalue weighted by Gasteiger charge is 2.39. The fourth-order valence-electron chi connectivity index (χ4n) is 4.94. The number of piperazine rings is 1. The molecule has 2 fully saturated rings. The molecule has 0 spiro atoms. The topological polar surface area (TPSA) is 9.72 Å². The van der Waals surface area contributed by atoms with Crippen LogP contribution < -0.4 is 0 Å². The van der Waals surface area contributed by atoms with Crippen LogP contribution in [-0.2, 0) is 0 Å². The predicted octanol–water partition coefficient (Wildman–Crippen LogP) is 3.50. The Hall–Kier alpha value is 0.230. The molecule has 2 aliphatic rings. The van der Waals surface area contributed by atoms with Crippen LogP contribution in [0.4, 0.5) is 0 Å². The van der Waals surface area contributed by atoms with Gasteiger partial charge in [0.05, 0.1) is 0 Å². The number of likely N-dealkylation sites (N-methyl/N-ethyl adjacent to an activating group) is 1. The van der Waals surface area contributed by atoms with Gasteiger partial charge in [0.2, 0.25) is 0 Å². The van der Waals surface area contributed by atoms with E-state index in [1.54, 1.807) is 0 Å². The Bertz CT molecular complexity index is 367. The molecule has 0 aliphatic carbocycles. The first-order valence-corrected chi connectivity index (χ1v) is 11.3. The summed E-state index contributed by atoms with van der Waals surface area (Å²) in [7, 11) is 2.25. The van der Waals surface area contributed by atoms with Crippen LogP contribution in [0.3, 0.4) is 0 Å². The van der Waals surface area contributed by atoms with E-state index in [1.807, 2.05) is 11.8 Å². The fourth-order valence-corrected chi connectivity index (χ4v) is 5.38. The van der Waals surface area contributed by atoms with Gasteiger partial charge in [0.25, 0.3) is 0 Å². The molecule has 0 aromatic rings. The second-order valence-electron chi connectivity index (χ2n) is 9.38. The summed E-state index contributed by atoms with van der Waals surface area (Å²) in [6.45, 7) is 18.8. The Labute approximate surface area is 155 Å². The van der Waals surface area contributed by atoms with Crippen molar-refractivity contribution in [2.75, 3.05) is 64.9 Å². The maximum atomic E-state index is 2.74. The quantitative estimate of drug-likeness (QED) is 0.691. The van der Waals surface area contributed by atoms with Gasteiger partial charge in [-0.15, -0.1) is 0 Å². The van der Waals surface area contributed by atoms with Gasteiger partial charge in [-0.1, -0.05) is 13.8 Å². The summed E-state index contributed by atoms with van der Waals surface area (Å²) >= 11 is 1.97. The van der Waals surface area contributed by atoms with E-state index in [2.05, 4.69) is 55.7 Å². The van der Waals surface area contributed by atoms with Crippen LogP contribution in [0.1, 0.15) is 47.0 Å². The summed E-state index contributed by atoms with van der Waals surface area (Å²) in [6, 6.07) is 0. The average Bonchev–Trinajstić information content (AvgIpc) is 2.53. The van der Waals surface area contributed by atoms with Crippen LogP contribution in [0.5, 0.6) is 0 Å². The van der Waals surface area contributed by atoms with E-state index in [9.17, 15) is 0 Å². The third-order valence-corrected chi connectivity index (χ3v) is 7.14. The number of thioether (sulfide) groups is 1. The van der Waals surface area contributed by atoms with Crippen LogP contribution in [-0.4, -0.2) is 85.1 Å². The molecule has 0 bridgehead atoms. The van der Waals surface area contributed by atoms with Gasteiger partial charge < -0.3 is 9.80 Å². The Morgan fingerprint density at radius 3 is 2.04 bits per heavy atom. The van der Waals surface area contributed by atoms with Crippen molar-refractivity contribution in [3.63, 3.8) is 0 Å². The van der Waals surface area contributed by atoms with Crippen LogP contribution in [0.2, 0.25) is 0 Å². The van der Waals surface area contributed by atoms with Gasteiger partial charge in [0.15, 0.2) is 0 Å². The van der Waals surface area contributed by atoms with Crippen molar-refractivity contribution in [2.24, 2.45) is 11.3 Å². The molecule has 142 valence electrons. The van der Waals surface area contributed by atoms with Crippen molar-refractivity contribution < 1.29 is 0 Å². The summed E-state index contributed by atoms with van der Waals surface area (Å²) in [5, 5.41) is 0. The van der Waals surface area contributed by atoms with E-state index in [0.717, 1.165) is 5.92 Å². The first-order valence-electron chi connectivity index (χ1n) is 9.89. The molecule has 4 heteroatoms. The summed E-state index contributed by atoms with van der Waals surface area (Å²) in [4.78, 5) is 7.87. The monoisotopic (exact) mass is 355 g/mol. The standard InChI is InChI=1S/C20H41N3S/c1-19(2,18-7-9-22(10-8-18)15-16-24-6)17-20(3,4)23-13-11-21(5)12-14-23/h18H,7-17H2,1-6H3. The minimum absolute atomic E-state index is 0.320. The highest BCUT2D eigenvalue weighted by Crippen LogP contribution is 2.42. The van der Waals surface area contributed by atoms with Crippen LogP contribution in [0.15, 0.2) is 0 Å². The molecule has 2 heterocycles. The van der Waals surface area contributed by atoms with E-state index < -0.39 is 0 Å². The largest absolute Gasteiger partial charge is 0.304 e. The normalized spacial score (nSPS) is 23.8.